The van der Waals surface area contributed by atoms with Gasteiger partial charge in [0.2, 0.25) is 29.5 Å². The number of carboxylic acids is 1. The van der Waals surface area contributed by atoms with Crippen LogP contribution in [0.25, 0.3) is 66.5 Å². The van der Waals surface area contributed by atoms with Crippen molar-refractivity contribution in [1.82, 2.24) is 44.8 Å². The third-order valence-corrected chi connectivity index (χ3v) is 22.7. The minimum Gasteiger partial charge on any atom is -0.480 e. The Morgan fingerprint density at radius 3 is 1.08 bits per heavy atom. The Labute approximate surface area is 722 Å². The summed E-state index contributed by atoms with van der Waals surface area (Å²) in [7, 11) is 0.765. The van der Waals surface area contributed by atoms with Crippen LogP contribution in [0.15, 0.2) is 109 Å². The lowest BCUT2D eigenvalue weighted by Crippen LogP contribution is -2.48. The molecule has 3 fully saturated rings. The molecule has 15 rings (SSSR count). The van der Waals surface area contributed by atoms with Crippen molar-refractivity contribution in [1.29, 1.82) is 0 Å². The summed E-state index contributed by atoms with van der Waals surface area (Å²) in [6.07, 6.45) is 9.78. The molecular weight excluding hydrogens is 1630 g/mol. The Morgan fingerprint density at radius 1 is 0.472 bits per heavy atom. The zero-order valence-electron chi connectivity index (χ0n) is 71.9. The van der Waals surface area contributed by atoms with Crippen molar-refractivity contribution >= 4 is 105 Å². The molecule has 0 bridgehead atoms. The van der Waals surface area contributed by atoms with E-state index in [1.165, 1.54) is 46.9 Å². The molecule has 0 radical (unpaired) electrons. The maximum absolute atomic E-state index is 14.3. The number of likely N-dealkylation sites (N-methyl/N-ethyl adjacent to an activating group) is 2. The van der Waals surface area contributed by atoms with Gasteiger partial charge in [0.05, 0.1) is 19.4 Å². The molecular formula is C93H110F3N10O18P. The first-order valence-corrected chi connectivity index (χ1v) is 43.8. The number of carboxylic acid groups (broad SMARTS) is 1. The number of phosphoric acid groups is 1. The Morgan fingerprint density at radius 2 is 0.776 bits per heavy atom. The van der Waals surface area contributed by atoms with Crippen LogP contribution in [0.2, 0.25) is 0 Å². The number of hydrogen-bond donors (Lipinski definition) is 9. The number of nitrogens with one attached hydrogen (secondary N) is 4. The number of nitrogens with two attached hydrogens (primary N) is 1. The number of aliphatic carboxylic acids is 1. The summed E-state index contributed by atoms with van der Waals surface area (Å²) in [5, 5.41) is 14.6. The van der Waals surface area contributed by atoms with Crippen LogP contribution in [0, 0.1) is 17.5 Å². The van der Waals surface area contributed by atoms with E-state index >= 15 is 0 Å². The summed E-state index contributed by atoms with van der Waals surface area (Å²) in [6, 6.07) is 30.8. The van der Waals surface area contributed by atoms with Gasteiger partial charge in [0.25, 0.3) is 0 Å². The highest BCUT2D eigenvalue weighted by atomic mass is 31.2. The minimum atomic E-state index is -4.64. The van der Waals surface area contributed by atoms with E-state index in [-0.39, 0.29) is 84.9 Å². The Kier molecular flexibility index (Phi) is 30.6. The van der Waals surface area contributed by atoms with Crippen LogP contribution in [0.5, 0.6) is 0 Å². The molecule has 3 saturated heterocycles. The summed E-state index contributed by atoms with van der Waals surface area (Å²) in [5.74, 6) is -3.98. The zero-order chi connectivity index (χ0) is 90.7. The Bertz CT molecular complexity index is 5600. The number of halogens is 3. The van der Waals surface area contributed by atoms with Gasteiger partial charge in [-0.15, -0.1) is 0 Å². The van der Waals surface area contributed by atoms with E-state index in [0.717, 1.165) is 129 Å². The number of benzene rings is 6. The highest BCUT2D eigenvalue weighted by molar-refractivity contribution is 7.45. The van der Waals surface area contributed by atoms with E-state index in [4.69, 9.17) is 39.6 Å². The molecule has 0 unspecified atom stereocenters. The lowest BCUT2D eigenvalue weighted by molar-refractivity contribution is -0.157. The third kappa shape index (κ3) is 24.0. The number of ketones is 3. The molecule has 6 aromatic carbocycles. The number of carbonyl (C=O) groups is 11. The van der Waals surface area contributed by atoms with Crippen molar-refractivity contribution in [3.05, 3.63) is 177 Å². The van der Waals surface area contributed by atoms with E-state index in [1.54, 1.807) is 75.2 Å². The van der Waals surface area contributed by atoms with Crippen LogP contribution in [0.1, 0.15) is 209 Å². The van der Waals surface area contributed by atoms with Gasteiger partial charge < -0.3 is 79.8 Å². The topological polar surface area (TPSA) is 406 Å². The van der Waals surface area contributed by atoms with Gasteiger partial charge >= 0.3 is 25.7 Å². The van der Waals surface area contributed by atoms with E-state index < -0.39 is 66.7 Å². The van der Waals surface area contributed by atoms with Crippen molar-refractivity contribution in [2.24, 2.45) is 5.73 Å². The average Bonchev–Trinajstić information content (AvgIpc) is 1.61. The molecule has 0 saturated carbocycles. The van der Waals surface area contributed by atoms with E-state index in [9.17, 15) is 65.9 Å². The molecule has 666 valence electrons. The van der Waals surface area contributed by atoms with Crippen LogP contribution < -0.4 is 11.1 Å². The largest absolute Gasteiger partial charge is 0.480 e. The second-order valence-electron chi connectivity index (χ2n) is 34.4. The highest BCUT2D eigenvalue weighted by Crippen LogP contribution is 2.42. The molecule has 3 atom stereocenters. The molecule has 9 aromatic rings. The van der Waals surface area contributed by atoms with Gasteiger partial charge in [-0.3, -0.25) is 47.9 Å². The normalized spacial score (nSPS) is 16.8. The lowest BCUT2D eigenvalue weighted by atomic mass is 9.99. The van der Waals surface area contributed by atoms with Gasteiger partial charge in [-0.1, -0.05) is 72.8 Å². The van der Waals surface area contributed by atoms with Gasteiger partial charge in [0.1, 0.15) is 46.8 Å². The summed E-state index contributed by atoms with van der Waals surface area (Å²) < 4.78 is 61.6. The maximum Gasteiger partial charge on any atom is 0.466 e. The van der Waals surface area contributed by atoms with Crippen molar-refractivity contribution in [2.45, 2.75) is 212 Å². The lowest BCUT2D eigenvalue weighted by Gasteiger charge is -2.28. The standard InChI is InChI=1S/C33H38FN3O5.C27H29FN4O3.C20H19FN2O.C13H21NO5.H3O4P/c1-33(2,3)42-29(40)15-14-28(39)37-16-6-8-26(37)32(41)36(4)19-20-10-12-21(13-11-20)31-23-7-5-9-27(38)24-17-22(34)18-25(35-31)30(23)24;1-31(27(35)22-5-3-11-32(22)24(34)14-29)15-16-7-9-17(10-8-16)26-19-4-2-6-23(33)20-12-18(28)13-21(30-26)25(19)20;1-22-11-12-5-7-13(8-6-12)20-15-3-2-4-18(24)16-9-14(21)10-17(23-20)19(15)16;1-13(2,3)19-11(16)7-6-10(15)14-8-4-5-9(14)12(17)18;1-5(2,3)4/h10-13,17-18,26,35H,5-9,14-16,19H2,1-4H3;7-10,12-13,22,30H,2-6,11,14-15,29H2,1H3;5-10,22-23H,2-4,11H2,1H3;9H,4-8H2,1-3H3,(H,17,18);(H3,1,2,3,4)/t26-;22-;;9-;/m00.0./s1. The number of H-pyrrole nitrogens is 3. The highest BCUT2D eigenvalue weighted by Gasteiger charge is 2.39. The predicted octanol–water partition coefficient (Wildman–Crippen LogP) is 13.4. The Hall–Kier alpha value is -11.5. The summed E-state index contributed by atoms with van der Waals surface area (Å²) in [4.78, 5) is 175. The third-order valence-electron chi connectivity index (χ3n) is 22.7. The fourth-order valence-electron chi connectivity index (χ4n) is 17.3. The van der Waals surface area contributed by atoms with E-state index in [2.05, 4.69) is 44.5 Å². The molecule has 3 aliphatic heterocycles. The minimum absolute atomic E-state index is 0.00130. The van der Waals surface area contributed by atoms with Crippen molar-refractivity contribution in [2.75, 3.05) is 47.3 Å². The first-order chi connectivity index (χ1) is 59.1. The SMILES string of the molecule is CC(C)(C)OC(=O)CCC(=O)N1CCC[C@H]1C(=O)O.CN(Cc1ccc(-c2[nH]c3cc(F)cc4c3c2CCCC4=O)cc1)C(=O)[C@@H]1CCCN1C(=O)CCC(=O)OC(C)(C)C.CN(Cc1ccc(-c2[nH]c3cc(F)cc4c3c2CCCC4=O)cc1)C(=O)[C@@H]1CCCN1C(=O)CN.CNCc1ccc(-c2[nH]c3cc(F)cc4c3c2CCCC4=O)cc1.O=P(O)(O)O. The molecule has 125 heavy (non-hydrogen) atoms. The van der Waals surface area contributed by atoms with E-state index in [1.807, 2.05) is 55.6 Å². The second kappa shape index (κ2) is 40.7. The predicted molar refractivity (Wildman–Crippen MR) is 464 cm³/mol. The fraction of sp³-hybridized carbons (Fsp3) is 0.430. The molecule has 28 nitrogen and oxygen atoms in total. The number of likely N-dealkylation sites (tertiary alicyclic amines) is 3. The van der Waals surface area contributed by atoms with Gasteiger partial charge in [0.15, 0.2) is 17.3 Å². The molecule has 10 N–H and O–H groups in total. The number of ether oxygens (including phenoxy) is 2. The number of Topliss-reactive ketones (excluding diaryl/α,β-unsaturated/α-hetero) is 3. The average molecular weight is 1740 g/mol. The molecule has 6 aliphatic rings. The Balaban J connectivity index is 0.000000165. The van der Waals surface area contributed by atoms with Crippen molar-refractivity contribution < 1.29 is 99.7 Å². The van der Waals surface area contributed by atoms with Gasteiger partial charge in [0, 0.05) is 152 Å². The number of aryl methyl sites for hydroxylation is 3. The number of nitrogens with zero attached hydrogens (tertiary/aromatic N) is 5. The number of aromatic nitrogens is 3. The number of hydrogen-bond acceptors (Lipinski definition) is 16. The number of rotatable bonds is 19. The van der Waals surface area contributed by atoms with Gasteiger partial charge in [-0.2, -0.15) is 0 Å². The number of amides is 5. The van der Waals surface area contributed by atoms with E-state index in [0.29, 0.717) is 117 Å². The van der Waals surface area contributed by atoms with Crippen LogP contribution in [-0.2, 0) is 91.3 Å². The zero-order valence-corrected chi connectivity index (χ0v) is 72.8. The molecule has 0 spiro atoms. The van der Waals surface area contributed by atoms with Crippen molar-refractivity contribution in [3.8, 4) is 33.8 Å². The second-order valence-corrected chi connectivity index (χ2v) is 35.4. The molecule has 3 aliphatic carbocycles. The molecule has 32 heteroatoms. The van der Waals surface area contributed by atoms with Crippen LogP contribution in [0.3, 0.4) is 0 Å². The number of carbonyl (C=O) groups excluding carboxylic acids is 10. The molecule has 6 heterocycles. The number of esters is 2. The first-order valence-electron chi connectivity index (χ1n) is 42.2. The molecule has 5 amide bonds. The summed E-state index contributed by atoms with van der Waals surface area (Å²) in [6.45, 7) is 13.7. The van der Waals surface area contributed by atoms with Gasteiger partial charge in [-0.05, 0) is 212 Å². The summed E-state index contributed by atoms with van der Waals surface area (Å²) in [5.41, 5.74) is 19.8. The van der Waals surface area contributed by atoms with Gasteiger partial charge in [-0.25, -0.2) is 22.5 Å². The quantitative estimate of drug-likeness (QED) is 0.0268. The monoisotopic (exact) mass is 1740 g/mol. The van der Waals surface area contributed by atoms with Crippen molar-refractivity contribution in [3.63, 3.8) is 0 Å². The fourth-order valence-corrected chi connectivity index (χ4v) is 17.3. The van der Waals surface area contributed by atoms with Crippen LogP contribution in [-0.4, -0.2) is 201 Å². The first kappa shape index (κ1) is 94.2. The number of aromatic amines is 3. The van der Waals surface area contributed by atoms with Crippen LogP contribution in [0.4, 0.5) is 13.2 Å². The summed E-state index contributed by atoms with van der Waals surface area (Å²) >= 11 is 0. The molecule has 3 aromatic heterocycles. The smallest absolute Gasteiger partial charge is 0.466 e. The van der Waals surface area contributed by atoms with Crippen LogP contribution >= 0.6 is 7.82 Å². The maximum atomic E-state index is 14.3.